The molecule has 0 N–H and O–H groups in total. The minimum absolute atomic E-state index is 1.13. The molecule has 38 heavy (non-hydrogen) atoms. The number of nitrogens with zero attached hydrogens (tertiary/aromatic N) is 2. The van der Waals surface area contributed by atoms with Gasteiger partial charge in [-0.15, -0.1) is 0 Å². The van der Waals surface area contributed by atoms with Gasteiger partial charge in [0, 0.05) is 33.4 Å². The fraction of sp³-hybridized carbons (Fsp3) is 0. The molecule has 0 aliphatic heterocycles. The summed E-state index contributed by atoms with van der Waals surface area (Å²) < 4.78 is 2.38. The van der Waals surface area contributed by atoms with Crippen LogP contribution in [0.1, 0.15) is 0 Å². The fourth-order valence-corrected chi connectivity index (χ4v) is 5.49. The van der Waals surface area contributed by atoms with Gasteiger partial charge in [0.1, 0.15) is 0 Å². The first-order chi connectivity index (χ1) is 18.9. The minimum atomic E-state index is 1.13. The van der Waals surface area contributed by atoms with E-state index in [1.54, 1.807) is 0 Å². The van der Waals surface area contributed by atoms with Gasteiger partial charge in [0.05, 0.1) is 16.7 Å². The molecular weight excluding hydrogens is 460 g/mol. The number of hydrogen-bond acceptors (Lipinski definition) is 1. The van der Waals surface area contributed by atoms with Gasteiger partial charge in [-0.05, 0) is 60.2 Å². The maximum Gasteiger partial charge on any atom is 0.0547 e. The summed E-state index contributed by atoms with van der Waals surface area (Å²) in [4.78, 5) is 2.34. The summed E-state index contributed by atoms with van der Waals surface area (Å²) in [5, 5.41) is 2.52. The summed E-state index contributed by atoms with van der Waals surface area (Å²) in [6.45, 7) is 0. The molecule has 7 aromatic rings. The summed E-state index contributed by atoms with van der Waals surface area (Å²) in [5.74, 6) is 0. The zero-order valence-corrected chi connectivity index (χ0v) is 20.9. The first kappa shape index (κ1) is 22.1. The maximum atomic E-state index is 2.38. The number of anilines is 3. The second-order valence-corrected chi connectivity index (χ2v) is 9.44. The molecule has 0 unspecified atom stereocenters. The van der Waals surface area contributed by atoms with Crippen molar-refractivity contribution in [2.45, 2.75) is 0 Å². The summed E-state index contributed by atoms with van der Waals surface area (Å²) in [6.07, 6.45) is 0. The van der Waals surface area contributed by atoms with Crippen LogP contribution in [0, 0.1) is 0 Å². The zero-order chi connectivity index (χ0) is 25.3. The summed E-state index contributed by atoms with van der Waals surface area (Å²) in [7, 11) is 0. The van der Waals surface area contributed by atoms with E-state index in [1.807, 2.05) is 0 Å². The van der Waals surface area contributed by atoms with E-state index < -0.39 is 0 Å². The smallest absolute Gasteiger partial charge is 0.0547 e. The lowest BCUT2D eigenvalue weighted by atomic mass is 10.00. The lowest BCUT2D eigenvalue weighted by molar-refractivity contribution is 1.18. The summed E-state index contributed by atoms with van der Waals surface area (Å²) in [5.41, 5.74) is 9.36. The summed E-state index contributed by atoms with van der Waals surface area (Å²) in [6, 6.07) is 56.1. The molecule has 0 spiro atoms. The predicted octanol–water partition coefficient (Wildman–Crippen LogP) is 9.92. The quantitative estimate of drug-likeness (QED) is 0.235. The van der Waals surface area contributed by atoms with Crippen molar-refractivity contribution in [3.63, 3.8) is 0 Å². The average Bonchev–Trinajstić information content (AvgIpc) is 3.33. The number of aromatic nitrogens is 1. The van der Waals surface area contributed by atoms with E-state index in [2.05, 4.69) is 167 Å². The highest BCUT2D eigenvalue weighted by Crippen LogP contribution is 2.42. The van der Waals surface area contributed by atoms with Crippen LogP contribution in [0.5, 0.6) is 0 Å². The van der Waals surface area contributed by atoms with Gasteiger partial charge >= 0.3 is 0 Å². The highest BCUT2D eigenvalue weighted by molar-refractivity contribution is 6.10. The first-order valence-corrected chi connectivity index (χ1v) is 13.0. The van der Waals surface area contributed by atoms with Gasteiger partial charge in [-0.1, -0.05) is 103 Å². The Labute approximate surface area is 222 Å². The Morgan fingerprint density at radius 2 is 0.974 bits per heavy atom. The Kier molecular flexibility index (Phi) is 5.49. The lowest BCUT2D eigenvalue weighted by Gasteiger charge is -2.27. The van der Waals surface area contributed by atoms with Crippen LogP contribution in [0.25, 0.3) is 38.6 Å². The molecule has 0 saturated heterocycles. The molecule has 0 amide bonds. The molecule has 0 aliphatic carbocycles. The molecular formula is C36H26N2. The van der Waals surface area contributed by atoms with Crippen molar-refractivity contribution in [1.82, 2.24) is 4.57 Å². The van der Waals surface area contributed by atoms with Crippen molar-refractivity contribution in [2.75, 3.05) is 4.90 Å². The molecule has 0 fully saturated rings. The van der Waals surface area contributed by atoms with Crippen LogP contribution in [0.3, 0.4) is 0 Å². The van der Waals surface area contributed by atoms with Crippen LogP contribution in [0.2, 0.25) is 0 Å². The van der Waals surface area contributed by atoms with Crippen LogP contribution < -0.4 is 4.90 Å². The predicted molar refractivity (Wildman–Crippen MR) is 161 cm³/mol. The monoisotopic (exact) mass is 486 g/mol. The number of hydrogen-bond donors (Lipinski definition) is 0. The molecule has 2 nitrogen and oxygen atoms in total. The van der Waals surface area contributed by atoms with Gasteiger partial charge in [0.2, 0.25) is 0 Å². The second-order valence-electron chi connectivity index (χ2n) is 9.44. The van der Waals surface area contributed by atoms with E-state index >= 15 is 0 Å². The van der Waals surface area contributed by atoms with Crippen LogP contribution in [0.15, 0.2) is 158 Å². The molecule has 1 heterocycles. The summed E-state index contributed by atoms with van der Waals surface area (Å²) >= 11 is 0. The Bertz CT molecular complexity index is 1810. The fourth-order valence-electron chi connectivity index (χ4n) is 5.49. The molecule has 7 rings (SSSR count). The number of rotatable bonds is 5. The van der Waals surface area contributed by atoms with Crippen molar-refractivity contribution >= 4 is 38.9 Å². The van der Waals surface area contributed by atoms with E-state index in [0.717, 1.165) is 17.1 Å². The molecule has 0 bridgehead atoms. The molecule has 180 valence electrons. The van der Waals surface area contributed by atoms with Crippen LogP contribution >= 0.6 is 0 Å². The van der Waals surface area contributed by atoms with Crippen LogP contribution in [-0.4, -0.2) is 4.57 Å². The van der Waals surface area contributed by atoms with Gasteiger partial charge in [-0.2, -0.15) is 0 Å². The van der Waals surface area contributed by atoms with E-state index in [0.29, 0.717) is 0 Å². The molecule has 6 aromatic carbocycles. The number of para-hydroxylation sites is 5. The average molecular weight is 487 g/mol. The molecule has 2 heteroatoms. The third-order valence-corrected chi connectivity index (χ3v) is 7.17. The minimum Gasteiger partial charge on any atom is -0.310 e. The lowest BCUT2D eigenvalue weighted by Crippen LogP contribution is -2.10. The van der Waals surface area contributed by atoms with E-state index in [4.69, 9.17) is 0 Å². The Hall–Kier alpha value is -5.08. The Balaban J connectivity index is 1.48. The third-order valence-electron chi connectivity index (χ3n) is 7.17. The van der Waals surface area contributed by atoms with E-state index in [1.165, 1.54) is 38.6 Å². The zero-order valence-electron chi connectivity index (χ0n) is 20.9. The van der Waals surface area contributed by atoms with Crippen molar-refractivity contribution < 1.29 is 0 Å². The van der Waals surface area contributed by atoms with Gasteiger partial charge in [-0.3, -0.25) is 0 Å². The van der Waals surface area contributed by atoms with Gasteiger partial charge < -0.3 is 9.47 Å². The largest absolute Gasteiger partial charge is 0.310 e. The third kappa shape index (κ3) is 3.75. The molecule has 0 atom stereocenters. The number of benzene rings is 6. The maximum absolute atomic E-state index is 2.38. The topological polar surface area (TPSA) is 8.17 Å². The highest BCUT2D eigenvalue weighted by Gasteiger charge is 2.18. The number of fused-ring (bicyclic) bond motifs is 3. The molecule has 1 aromatic heterocycles. The van der Waals surface area contributed by atoms with E-state index in [9.17, 15) is 0 Å². The van der Waals surface area contributed by atoms with Crippen molar-refractivity contribution in [2.24, 2.45) is 0 Å². The normalized spacial score (nSPS) is 11.2. The highest BCUT2D eigenvalue weighted by atomic mass is 15.1. The Morgan fingerprint density at radius 3 is 1.68 bits per heavy atom. The second kappa shape index (κ2) is 9.42. The van der Waals surface area contributed by atoms with Crippen molar-refractivity contribution in [3.8, 4) is 16.8 Å². The van der Waals surface area contributed by atoms with Gasteiger partial charge in [0.15, 0.2) is 0 Å². The van der Waals surface area contributed by atoms with Crippen molar-refractivity contribution in [1.29, 1.82) is 0 Å². The Morgan fingerprint density at radius 1 is 0.421 bits per heavy atom. The van der Waals surface area contributed by atoms with Crippen LogP contribution in [-0.2, 0) is 0 Å². The molecule has 0 aliphatic rings. The van der Waals surface area contributed by atoms with Gasteiger partial charge in [0.25, 0.3) is 0 Å². The first-order valence-electron chi connectivity index (χ1n) is 13.0. The van der Waals surface area contributed by atoms with Crippen LogP contribution in [0.4, 0.5) is 17.1 Å². The van der Waals surface area contributed by atoms with Crippen molar-refractivity contribution in [3.05, 3.63) is 158 Å². The SMILES string of the molecule is c1ccc(N(c2ccccc2)c2ccccc2-c2ccc3c4ccccc4n(-c4ccccc4)c3c2)cc1. The van der Waals surface area contributed by atoms with E-state index in [-0.39, 0.29) is 0 Å². The molecule has 0 saturated carbocycles. The molecule has 0 radical (unpaired) electrons. The standard InChI is InChI=1S/C36H26N2/c1-4-14-28(15-5-1)37(29-16-6-2-7-17-29)34-22-12-10-20-31(34)27-24-25-33-32-21-11-13-23-35(32)38(36(33)26-27)30-18-8-3-9-19-30/h1-26H. The van der Waals surface area contributed by atoms with Gasteiger partial charge in [-0.25, -0.2) is 0 Å².